The zero-order chi connectivity index (χ0) is 17.1. The summed E-state index contributed by atoms with van der Waals surface area (Å²) in [5.41, 5.74) is 1.78. The lowest BCUT2D eigenvalue weighted by molar-refractivity contribution is 0.248. The number of hydrogen-bond acceptors (Lipinski definition) is 7. The third-order valence-corrected chi connectivity index (χ3v) is 3.86. The minimum atomic E-state index is -0.155. The van der Waals surface area contributed by atoms with Gasteiger partial charge in [-0.25, -0.2) is 0 Å². The molecule has 24 heavy (non-hydrogen) atoms. The molecule has 0 bridgehead atoms. The van der Waals surface area contributed by atoms with Crippen molar-refractivity contribution in [3.63, 3.8) is 0 Å². The average Bonchev–Trinajstić information content (AvgIpc) is 3.03. The van der Waals surface area contributed by atoms with Gasteiger partial charge in [0.15, 0.2) is 11.3 Å². The Balaban J connectivity index is 1.93. The fraction of sp³-hybridized carbons (Fsp3) is 0.333. The normalized spacial score (nSPS) is 12.5. The maximum atomic E-state index is 9.48. The number of H-pyrrole nitrogens is 1. The number of hydrogen-bond donors (Lipinski definition) is 4. The lowest BCUT2D eigenvalue weighted by Gasteiger charge is -2.20. The molecule has 0 saturated heterocycles. The largest absolute Gasteiger partial charge is 0.394 e. The molecule has 0 spiro atoms. The highest BCUT2D eigenvalue weighted by molar-refractivity contribution is 6.30. The summed E-state index contributed by atoms with van der Waals surface area (Å²) in [6.07, 6.45) is 0. The molecule has 0 aliphatic heterocycles. The molecule has 1 aromatic carbocycles. The molecular formula is C15H18ClN7O. The second-order valence-corrected chi connectivity index (χ2v) is 6.14. The Kier molecular flexibility index (Phi) is 4.77. The van der Waals surface area contributed by atoms with Gasteiger partial charge in [-0.2, -0.15) is 20.3 Å². The predicted octanol–water partition coefficient (Wildman–Crippen LogP) is 2.57. The zero-order valence-electron chi connectivity index (χ0n) is 13.3. The van der Waals surface area contributed by atoms with Crippen LogP contribution in [0.4, 0.5) is 17.5 Å². The Morgan fingerprint density at radius 3 is 2.58 bits per heavy atom. The highest BCUT2D eigenvalue weighted by atomic mass is 35.5. The average molecular weight is 348 g/mol. The van der Waals surface area contributed by atoms with Gasteiger partial charge >= 0.3 is 0 Å². The second-order valence-electron chi connectivity index (χ2n) is 5.70. The van der Waals surface area contributed by atoms with Crippen LogP contribution in [0.2, 0.25) is 5.02 Å². The highest BCUT2D eigenvalue weighted by Crippen LogP contribution is 2.24. The first-order chi connectivity index (χ1) is 11.6. The van der Waals surface area contributed by atoms with Crippen LogP contribution in [0.15, 0.2) is 24.3 Å². The standard InChI is InChI=1S/C15H18ClN7O/c1-8(2)11(7-24)18-15-19-13(12-14(20-15)22-23-21-12)17-10-5-3-9(16)4-6-10/h3-6,8,11,24H,7H2,1-2H3,(H3,17,18,19,20,21,22,23)/t11-/m0/s1. The smallest absolute Gasteiger partial charge is 0.227 e. The van der Waals surface area contributed by atoms with E-state index in [1.807, 2.05) is 26.0 Å². The van der Waals surface area contributed by atoms with E-state index < -0.39 is 0 Å². The van der Waals surface area contributed by atoms with E-state index in [0.29, 0.717) is 28.0 Å². The minimum Gasteiger partial charge on any atom is -0.394 e. The van der Waals surface area contributed by atoms with Crippen LogP contribution in [0.1, 0.15) is 13.8 Å². The van der Waals surface area contributed by atoms with E-state index in [2.05, 4.69) is 36.0 Å². The molecule has 4 N–H and O–H groups in total. The van der Waals surface area contributed by atoms with E-state index in [1.165, 1.54) is 0 Å². The Labute approximate surface area is 143 Å². The Morgan fingerprint density at radius 1 is 1.17 bits per heavy atom. The summed E-state index contributed by atoms with van der Waals surface area (Å²) >= 11 is 5.91. The number of fused-ring (bicyclic) bond motifs is 1. The summed E-state index contributed by atoms with van der Waals surface area (Å²) in [4.78, 5) is 8.78. The van der Waals surface area contributed by atoms with Crippen molar-refractivity contribution in [2.75, 3.05) is 17.2 Å². The number of aromatic amines is 1. The van der Waals surface area contributed by atoms with Crippen molar-refractivity contribution in [3.05, 3.63) is 29.3 Å². The molecule has 1 atom stereocenters. The number of nitrogens with one attached hydrogen (secondary N) is 3. The number of nitrogens with zero attached hydrogens (tertiary/aromatic N) is 4. The fourth-order valence-electron chi connectivity index (χ4n) is 2.16. The molecule has 3 rings (SSSR count). The van der Waals surface area contributed by atoms with Crippen molar-refractivity contribution in [1.82, 2.24) is 25.4 Å². The van der Waals surface area contributed by atoms with Crippen molar-refractivity contribution < 1.29 is 5.11 Å². The fourth-order valence-corrected chi connectivity index (χ4v) is 2.28. The maximum Gasteiger partial charge on any atom is 0.227 e. The molecule has 8 nitrogen and oxygen atoms in total. The lowest BCUT2D eigenvalue weighted by atomic mass is 10.1. The summed E-state index contributed by atoms with van der Waals surface area (Å²) in [6, 6.07) is 7.09. The minimum absolute atomic E-state index is 0.0160. The van der Waals surface area contributed by atoms with Crippen LogP contribution in [-0.4, -0.2) is 43.1 Å². The van der Waals surface area contributed by atoms with E-state index >= 15 is 0 Å². The van der Waals surface area contributed by atoms with E-state index in [9.17, 15) is 5.11 Å². The molecule has 0 amide bonds. The molecule has 9 heteroatoms. The number of benzene rings is 1. The lowest BCUT2D eigenvalue weighted by Crippen LogP contribution is -2.30. The van der Waals surface area contributed by atoms with Gasteiger partial charge in [0.05, 0.1) is 12.6 Å². The third-order valence-electron chi connectivity index (χ3n) is 3.61. The maximum absolute atomic E-state index is 9.48. The van der Waals surface area contributed by atoms with Crippen molar-refractivity contribution in [3.8, 4) is 0 Å². The summed E-state index contributed by atoms with van der Waals surface area (Å²) in [7, 11) is 0. The Bertz CT molecular complexity index is 818. The van der Waals surface area contributed by atoms with Gasteiger partial charge in [0.25, 0.3) is 0 Å². The number of aliphatic hydroxyl groups is 1. The number of halogens is 1. The molecule has 0 fully saturated rings. The van der Waals surface area contributed by atoms with Gasteiger partial charge in [-0.15, -0.1) is 5.10 Å². The molecular weight excluding hydrogens is 330 g/mol. The van der Waals surface area contributed by atoms with Crippen LogP contribution in [0.25, 0.3) is 11.2 Å². The number of anilines is 3. The topological polar surface area (TPSA) is 112 Å². The first-order valence-electron chi connectivity index (χ1n) is 7.55. The van der Waals surface area contributed by atoms with Crippen molar-refractivity contribution in [2.45, 2.75) is 19.9 Å². The van der Waals surface area contributed by atoms with E-state index in [4.69, 9.17) is 11.6 Å². The first kappa shape index (κ1) is 16.4. The third kappa shape index (κ3) is 3.55. The van der Waals surface area contributed by atoms with Crippen LogP contribution in [0.5, 0.6) is 0 Å². The molecule has 126 valence electrons. The summed E-state index contributed by atoms with van der Waals surface area (Å²) < 4.78 is 0. The van der Waals surface area contributed by atoms with Crippen LogP contribution in [0.3, 0.4) is 0 Å². The van der Waals surface area contributed by atoms with Gasteiger partial charge in [0, 0.05) is 10.7 Å². The van der Waals surface area contributed by atoms with Crippen LogP contribution >= 0.6 is 11.6 Å². The molecule has 2 heterocycles. The summed E-state index contributed by atoms with van der Waals surface area (Å²) in [6.45, 7) is 4.00. The molecule has 0 aliphatic carbocycles. The molecule has 3 aromatic rings. The SMILES string of the molecule is CC(C)[C@H](CO)Nc1nc(Nc2ccc(Cl)cc2)c2n[nH]nc2n1. The highest BCUT2D eigenvalue weighted by Gasteiger charge is 2.16. The van der Waals surface area contributed by atoms with Gasteiger partial charge in [-0.3, -0.25) is 0 Å². The van der Waals surface area contributed by atoms with E-state index in [0.717, 1.165) is 5.69 Å². The molecule has 0 saturated carbocycles. The van der Waals surface area contributed by atoms with Gasteiger partial charge in [-0.1, -0.05) is 25.4 Å². The summed E-state index contributed by atoms with van der Waals surface area (Å²) in [5.74, 6) is 1.11. The van der Waals surface area contributed by atoms with Gasteiger partial charge in [0.2, 0.25) is 11.6 Å². The molecule has 2 aromatic heterocycles. The Hall–Kier alpha value is -2.45. The van der Waals surface area contributed by atoms with Gasteiger partial charge in [0.1, 0.15) is 0 Å². The van der Waals surface area contributed by atoms with E-state index in [-0.39, 0.29) is 18.6 Å². The van der Waals surface area contributed by atoms with Crippen LogP contribution in [-0.2, 0) is 0 Å². The van der Waals surface area contributed by atoms with Crippen molar-refractivity contribution in [1.29, 1.82) is 0 Å². The van der Waals surface area contributed by atoms with Gasteiger partial charge in [-0.05, 0) is 30.2 Å². The van der Waals surface area contributed by atoms with E-state index in [1.54, 1.807) is 12.1 Å². The van der Waals surface area contributed by atoms with Crippen molar-refractivity contribution >= 4 is 40.2 Å². The summed E-state index contributed by atoms with van der Waals surface area (Å²) in [5, 5.41) is 27.1. The second kappa shape index (κ2) is 6.98. The zero-order valence-corrected chi connectivity index (χ0v) is 14.0. The predicted molar refractivity (Wildman–Crippen MR) is 93.5 cm³/mol. The molecule has 0 radical (unpaired) electrons. The number of rotatable bonds is 6. The number of aliphatic hydroxyl groups excluding tert-OH is 1. The monoisotopic (exact) mass is 347 g/mol. The molecule has 0 aliphatic rings. The number of aromatic nitrogens is 5. The van der Waals surface area contributed by atoms with Crippen molar-refractivity contribution in [2.24, 2.45) is 5.92 Å². The Morgan fingerprint density at radius 2 is 1.92 bits per heavy atom. The van der Waals surface area contributed by atoms with Crippen LogP contribution < -0.4 is 10.6 Å². The quantitative estimate of drug-likeness (QED) is 0.542. The first-order valence-corrected chi connectivity index (χ1v) is 7.93. The molecule has 0 unspecified atom stereocenters. The van der Waals surface area contributed by atoms with Gasteiger partial charge < -0.3 is 15.7 Å². The van der Waals surface area contributed by atoms with Crippen LogP contribution in [0, 0.1) is 5.92 Å².